The summed E-state index contributed by atoms with van der Waals surface area (Å²) in [6.45, 7) is 12.8. The molecule has 1 atom stereocenters. The molecule has 3 nitrogen and oxygen atoms in total. The van der Waals surface area contributed by atoms with Crippen molar-refractivity contribution in [1.29, 1.82) is 0 Å². The van der Waals surface area contributed by atoms with E-state index in [1.54, 1.807) is 0 Å². The smallest absolute Gasteiger partial charge is 0.0594 e. The summed E-state index contributed by atoms with van der Waals surface area (Å²) in [5, 5.41) is 3.64. The average molecular weight is 276 g/mol. The largest absolute Gasteiger partial charge is 0.379 e. The molecule has 0 saturated carbocycles. The Morgan fingerprint density at radius 3 is 2.45 bits per heavy atom. The Morgan fingerprint density at radius 2 is 1.80 bits per heavy atom. The molecule has 1 fully saturated rings. The van der Waals surface area contributed by atoms with E-state index in [0.29, 0.717) is 6.04 Å². The maximum Gasteiger partial charge on any atom is 0.0594 e. The highest BCUT2D eigenvalue weighted by atomic mass is 16.5. The van der Waals surface area contributed by atoms with Crippen LogP contribution in [0.5, 0.6) is 0 Å². The predicted octanol–water partition coefficient (Wildman–Crippen LogP) is 2.68. The van der Waals surface area contributed by atoms with Crippen LogP contribution >= 0.6 is 0 Å². The molecule has 1 aromatic rings. The molecule has 1 heterocycles. The van der Waals surface area contributed by atoms with Crippen molar-refractivity contribution >= 4 is 0 Å². The lowest BCUT2D eigenvalue weighted by Crippen LogP contribution is -2.37. The lowest BCUT2D eigenvalue weighted by molar-refractivity contribution is 0.0374. The normalized spacial score (nSPS) is 18.1. The van der Waals surface area contributed by atoms with E-state index in [4.69, 9.17) is 4.74 Å². The monoisotopic (exact) mass is 276 g/mol. The van der Waals surface area contributed by atoms with Crippen LogP contribution in [0.25, 0.3) is 0 Å². The molecule has 1 saturated heterocycles. The van der Waals surface area contributed by atoms with Crippen LogP contribution in [0.3, 0.4) is 0 Å². The van der Waals surface area contributed by atoms with Gasteiger partial charge in [0.2, 0.25) is 0 Å². The van der Waals surface area contributed by atoms with Crippen molar-refractivity contribution in [1.82, 2.24) is 10.2 Å². The molecule has 1 aliphatic heterocycles. The summed E-state index contributed by atoms with van der Waals surface area (Å²) in [6, 6.07) is 7.23. The fraction of sp³-hybridized carbons (Fsp3) is 0.647. The zero-order valence-electron chi connectivity index (χ0n) is 13.1. The van der Waals surface area contributed by atoms with Crippen molar-refractivity contribution in [2.24, 2.45) is 0 Å². The minimum atomic E-state index is 0.429. The van der Waals surface area contributed by atoms with Gasteiger partial charge in [-0.15, -0.1) is 0 Å². The van der Waals surface area contributed by atoms with Gasteiger partial charge in [-0.2, -0.15) is 0 Å². The zero-order chi connectivity index (χ0) is 14.4. The van der Waals surface area contributed by atoms with E-state index < -0.39 is 0 Å². The van der Waals surface area contributed by atoms with Crippen LogP contribution in [0, 0.1) is 13.8 Å². The molecular formula is C17H28N2O. The third kappa shape index (κ3) is 4.89. The van der Waals surface area contributed by atoms with Gasteiger partial charge in [-0.05, 0) is 45.8 Å². The number of aryl methyl sites for hydroxylation is 2. The molecule has 1 aromatic carbocycles. The molecule has 2 rings (SSSR count). The highest BCUT2D eigenvalue weighted by Gasteiger charge is 2.10. The van der Waals surface area contributed by atoms with Gasteiger partial charge in [0.25, 0.3) is 0 Å². The van der Waals surface area contributed by atoms with Crippen LogP contribution < -0.4 is 5.32 Å². The van der Waals surface area contributed by atoms with Gasteiger partial charge in [0.1, 0.15) is 0 Å². The van der Waals surface area contributed by atoms with E-state index in [2.05, 4.69) is 49.2 Å². The highest BCUT2D eigenvalue weighted by molar-refractivity contribution is 5.30. The fourth-order valence-corrected chi connectivity index (χ4v) is 2.82. The van der Waals surface area contributed by atoms with Crippen LogP contribution in [0.15, 0.2) is 18.2 Å². The second kappa shape index (κ2) is 7.77. The van der Waals surface area contributed by atoms with E-state index in [-0.39, 0.29) is 0 Å². The quantitative estimate of drug-likeness (QED) is 0.809. The molecule has 0 bridgehead atoms. The fourth-order valence-electron chi connectivity index (χ4n) is 2.82. The number of ether oxygens (including phenoxy) is 1. The Kier molecular flexibility index (Phi) is 6.02. The van der Waals surface area contributed by atoms with E-state index in [1.165, 1.54) is 29.7 Å². The average Bonchev–Trinajstić information content (AvgIpc) is 2.43. The number of benzene rings is 1. The van der Waals surface area contributed by atoms with Gasteiger partial charge >= 0.3 is 0 Å². The van der Waals surface area contributed by atoms with Crippen molar-refractivity contribution in [2.75, 3.05) is 39.4 Å². The van der Waals surface area contributed by atoms with Gasteiger partial charge < -0.3 is 10.1 Å². The van der Waals surface area contributed by atoms with Crippen LogP contribution in [0.4, 0.5) is 0 Å². The number of nitrogens with one attached hydrogen (secondary N) is 1. The first-order chi connectivity index (χ1) is 9.65. The van der Waals surface area contributed by atoms with Gasteiger partial charge in [0.15, 0.2) is 0 Å². The number of hydrogen-bond acceptors (Lipinski definition) is 3. The zero-order valence-corrected chi connectivity index (χ0v) is 13.1. The number of hydrogen-bond donors (Lipinski definition) is 1. The third-order valence-corrected chi connectivity index (χ3v) is 3.95. The maximum absolute atomic E-state index is 5.37. The van der Waals surface area contributed by atoms with E-state index in [0.717, 1.165) is 32.8 Å². The first-order valence-electron chi connectivity index (χ1n) is 7.77. The maximum atomic E-state index is 5.37. The van der Waals surface area contributed by atoms with Gasteiger partial charge in [-0.3, -0.25) is 4.90 Å². The molecule has 0 aliphatic carbocycles. The molecule has 0 amide bonds. The molecule has 3 heteroatoms. The highest BCUT2D eigenvalue weighted by Crippen LogP contribution is 2.16. The Bertz CT molecular complexity index is 393. The standard InChI is InChI=1S/C17H28N2O/c1-14-11-15(2)13-17(12-14)16(3)18-5-4-6-19-7-9-20-10-8-19/h11-13,16,18H,4-10H2,1-3H3. The molecule has 1 unspecified atom stereocenters. The van der Waals surface area contributed by atoms with Crippen LogP contribution in [0.1, 0.15) is 36.1 Å². The SMILES string of the molecule is Cc1cc(C)cc(C(C)NCCCN2CCOCC2)c1. The molecule has 0 radical (unpaired) electrons. The minimum absolute atomic E-state index is 0.429. The van der Waals surface area contributed by atoms with Gasteiger partial charge in [-0.1, -0.05) is 29.3 Å². The molecule has 0 aromatic heterocycles. The summed E-state index contributed by atoms with van der Waals surface area (Å²) in [7, 11) is 0. The van der Waals surface area contributed by atoms with E-state index in [1.807, 2.05) is 0 Å². The third-order valence-electron chi connectivity index (χ3n) is 3.95. The number of rotatable bonds is 6. The summed E-state index contributed by atoms with van der Waals surface area (Å²) in [5.41, 5.74) is 4.10. The summed E-state index contributed by atoms with van der Waals surface area (Å²) in [5.74, 6) is 0. The number of nitrogens with zero attached hydrogens (tertiary/aromatic N) is 1. The Balaban J connectivity index is 1.70. The molecular weight excluding hydrogens is 248 g/mol. The second-order valence-corrected chi connectivity index (χ2v) is 5.90. The van der Waals surface area contributed by atoms with Crippen molar-refractivity contribution < 1.29 is 4.74 Å². The lowest BCUT2D eigenvalue weighted by Gasteiger charge is -2.26. The molecule has 1 aliphatic rings. The lowest BCUT2D eigenvalue weighted by atomic mass is 10.0. The van der Waals surface area contributed by atoms with Crippen LogP contribution in [-0.2, 0) is 4.74 Å². The summed E-state index contributed by atoms with van der Waals surface area (Å²) in [4.78, 5) is 2.49. The van der Waals surface area contributed by atoms with Crippen molar-refractivity contribution in [3.63, 3.8) is 0 Å². The van der Waals surface area contributed by atoms with Crippen LogP contribution in [0.2, 0.25) is 0 Å². The van der Waals surface area contributed by atoms with Gasteiger partial charge in [0.05, 0.1) is 13.2 Å². The topological polar surface area (TPSA) is 24.5 Å². The molecule has 1 N–H and O–H groups in total. The van der Waals surface area contributed by atoms with E-state index in [9.17, 15) is 0 Å². The second-order valence-electron chi connectivity index (χ2n) is 5.90. The first kappa shape index (κ1) is 15.5. The molecule has 20 heavy (non-hydrogen) atoms. The van der Waals surface area contributed by atoms with Crippen molar-refractivity contribution in [3.05, 3.63) is 34.9 Å². The predicted molar refractivity (Wildman–Crippen MR) is 84.2 cm³/mol. The van der Waals surface area contributed by atoms with Crippen molar-refractivity contribution in [2.45, 2.75) is 33.2 Å². The van der Waals surface area contributed by atoms with Crippen molar-refractivity contribution in [3.8, 4) is 0 Å². The summed E-state index contributed by atoms with van der Waals surface area (Å²) >= 11 is 0. The first-order valence-corrected chi connectivity index (χ1v) is 7.77. The molecule has 112 valence electrons. The molecule has 0 spiro atoms. The summed E-state index contributed by atoms with van der Waals surface area (Å²) in [6.07, 6.45) is 1.20. The Hall–Kier alpha value is -0.900. The minimum Gasteiger partial charge on any atom is -0.379 e. The summed E-state index contributed by atoms with van der Waals surface area (Å²) < 4.78 is 5.37. The number of morpholine rings is 1. The Labute approximate surface area is 123 Å². The Morgan fingerprint density at radius 1 is 1.15 bits per heavy atom. The van der Waals surface area contributed by atoms with Gasteiger partial charge in [-0.25, -0.2) is 0 Å². The van der Waals surface area contributed by atoms with E-state index >= 15 is 0 Å². The van der Waals surface area contributed by atoms with Crippen LogP contribution in [-0.4, -0.2) is 44.3 Å². The van der Waals surface area contributed by atoms with Gasteiger partial charge in [0, 0.05) is 19.1 Å².